The molecule has 0 unspecified atom stereocenters. The number of piperidine rings is 1. The smallest absolute Gasteiger partial charge is 0.247 e. The largest absolute Gasteiger partial charge is 0.372 e. The molecule has 0 radical (unpaired) electrons. The van der Waals surface area contributed by atoms with Crippen LogP contribution in [0.25, 0.3) is 0 Å². The van der Waals surface area contributed by atoms with E-state index in [-0.39, 0.29) is 0 Å². The van der Waals surface area contributed by atoms with Gasteiger partial charge in [0.2, 0.25) is 5.95 Å². The predicted octanol–water partition coefficient (Wildman–Crippen LogP) is 2.36. The highest BCUT2D eigenvalue weighted by molar-refractivity contribution is 5.61. The molecule has 0 bridgehead atoms. The maximum Gasteiger partial charge on any atom is 0.247 e. The Balaban J connectivity index is 1.41. The van der Waals surface area contributed by atoms with Crippen molar-refractivity contribution < 1.29 is 0 Å². The van der Waals surface area contributed by atoms with Gasteiger partial charge in [0.25, 0.3) is 0 Å². The fraction of sp³-hybridized carbons (Fsp3) is 0.526. The average molecular weight is 353 g/mol. The molecule has 4 rings (SSSR count). The zero-order chi connectivity index (χ0) is 17.8. The van der Waals surface area contributed by atoms with Crippen LogP contribution in [0, 0.1) is 0 Å². The van der Waals surface area contributed by atoms with Crippen molar-refractivity contribution in [2.75, 3.05) is 61.4 Å². The summed E-state index contributed by atoms with van der Waals surface area (Å²) in [4.78, 5) is 11.6. The second-order valence-electron chi connectivity index (χ2n) is 7.15. The number of rotatable bonds is 4. The van der Waals surface area contributed by atoms with Gasteiger partial charge < -0.3 is 20.0 Å². The number of likely N-dealkylation sites (N-methyl/N-ethyl adjacent to an activating group) is 1. The van der Waals surface area contributed by atoms with Crippen molar-refractivity contribution in [3.63, 3.8) is 0 Å². The van der Waals surface area contributed by atoms with E-state index in [0.29, 0.717) is 5.95 Å². The molecule has 2 aromatic rings. The molecule has 2 saturated heterocycles. The van der Waals surface area contributed by atoms with Gasteiger partial charge in [0.1, 0.15) is 0 Å². The van der Waals surface area contributed by atoms with E-state index in [2.05, 4.69) is 66.5 Å². The molecule has 1 aromatic carbocycles. The van der Waals surface area contributed by atoms with Crippen LogP contribution in [0.4, 0.5) is 23.1 Å². The third-order valence-electron chi connectivity index (χ3n) is 5.19. The highest BCUT2D eigenvalue weighted by Crippen LogP contribution is 2.23. The standard InChI is InChI=1S/C19H27N7/c1-24-11-13-26(14-12-24)19-22-18(15-20-23-19)21-16-5-7-17(8-6-16)25-9-3-2-4-10-25/h5-8,15H,2-4,9-14H2,1H3,(H,21,22,23). The van der Waals surface area contributed by atoms with Crippen LogP contribution in [0.2, 0.25) is 0 Å². The van der Waals surface area contributed by atoms with Gasteiger partial charge in [-0.3, -0.25) is 0 Å². The lowest BCUT2D eigenvalue weighted by Gasteiger charge is -2.32. The summed E-state index contributed by atoms with van der Waals surface area (Å²) >= 11 is 0. The lowest BCUT2D eigenvalue weighted by atomic mass is 10.1. The monoisotopic (exact) mass is 353 g/mol. The number of nitrogens with zero attached hydrogens (tertiary/aromatic N) is 6. The van der Waals surface area contributed by atoms with Gasteiger partial charge in [-0.15, -0.1) is 5.10 Å². The van der Waals surface area contributed by atoms with Crippen LogP contribution in [-0.2, 0) is 0 Å². The molecule has 26 heavy (non-hydrogen) atoms. The van der Waals surface area contributed by atoms with Crippen molar-refractivity contribution in [3.8, 4) is 0 Å². The van der Waals surface area contributed by atoms with Crippen LogP contribution >= 0.6 is 0 Å². The molecular formula is C19H27N7. The van der Waals surface area contributed by atoms with Crippen molar-refractivity contribution in [2.24, 2.45) is 0 Å². The molecule has 0 saturated carbocycles. The summed E-state index contributed by atoms with van der Waals surface area (Å²) in [5, 5.41) is 11.7. The van der Waals surface area contributed by atoms with Gasteiger partial charge in [-0.2, -0.15) is 10.1 Å². The van der Waals surface area contributed by atoms with Crippen molar-refractivity contribution in [1.29, 1.82) is 0 Å². The molecule has 1 aromatic heterocycles. The number of benzene rings is 1. The van der Waals surface area contributed by atoms with Crippen LogP contribution < -0.4 is 15.1 Å². The van der Waals surface area contributed by atoms with Gasteiger partial charge in [-0.25, -0.2) is 0 Å². The Kier molecular flexibility index (Phi) is 5.15. The Hall–Kier alpha value is -2.41. The first kappa shape index (κ1) is 17.0. The number of nitrogens with one attached hydrogen (secondary N) is 1. The third-order valence-corrected chi connectivity index (χ3v) is 5.19. The number of hydrogen-bond donors (Lipinski definition) is 1. The molecule has 2 aliphatic rings. The van der Waals surface area contributed by atoms with E-state index in [4.69, 9.17) is 0 Å². The molecule has 0 atom stereocenters. The minimum atomic E-state index is 0.702. The fourth-order valence-electron chi connectivity index (χ4n) is 3.55. The number of anilines is 4. The topological polar surface area (TPSA) is 60.4 Å². The highest BCUT2D eigenvalue weighted by Gasteiger charge is 2.17. The summed E-state index contributed by atoms with van der Waals surface area (Å²) in [6.45, 7) is 6.25. The second kappa shape index (κ2) is 7.86. The summed E-state index contributed by atoms with van der Waals surface area (Å²) in [7, 11) is 2.14. The van der Waals surface area contributed by atoms with E-state index < -0.39 is 0 Å². The molecule has 7 heteroatoms. The van der Waals surface area contributed by atoms with Crippen LogP contribution in [0.15, 0.2) is 30.5 Å². The average Bonchev–Trinajstić information content (AvgIpc) is 2.70. The molecule has 7 nitrogen and oxygen atoms in total. The van der Waals surface area contributed by atoms with Crippen LogP contribution in [0.3, 0.4) is 0 Å². The third kappa shape index (κ3) is 4.04. The van der Waals surface area contributed by atoms with Crippen molar-refractivity contribution >= 4 is 23.1 Å². The Bertz CT molecular complexity index is 704. The Morgan fingerprint density at radius 3 is 2.31 bits per heavy atom. The minimum Gasteiger partial charge on any atom is -0.372 e. The van der Waals surface area contributed by atoms with Gasteiger partial charge in [0.05, 0.1) is 6.20 Å². The van der Waals surface area contributed by atoms with Crippen molar-refractivity contribution in [3.05, 3.63) is 30.5 Å². The first-order valence-electron chi connectivity index (χ1n) is 9.53. The Labute approximate surface area is 155 Å². The molecule has 0 spiro atoms. The van der Waals surface area contributed by atoms with E-state index in [1.807, 2.05) is 0 Å². The number of piperazine rings is 1. The number of hydrogen-bond acceptors (Lipinski definition) is 7. The summed E-state index contributed by atoms with van der Waals surface area (Å²) < 4.78 is 0. The predicted molar refractivity (Wildman–Crippen MR) is 105 cm³/mol. The Morgan fingerprint density at radius 2 is 1.58 bits per heavy atom. The highest BCUT2D eigenvalue weighted by atomic mass is 15.4. The zero-order valence-electron chi connectivity index (χ0n) is 15.4. The lowest BCUT2D eigenvalue weighted by Crippen LogP contribution is -2.45. The fourth-order valence-corrected chi connectivity index (χ4v) is 3.55. The molecule has 3 heterocycles. The van der Waals surface area contributed by atoms with Crippen molar-refractivity contribution in [1.82, 2.24) is 20.1 Å². The first-order valence-corrected chi connectivity index (χ1v) is 9.53. The summed E-state index contributed by atoms with van der Waals surface area (Å²) in [6, 6.07) is 8.59. The lowest BCUT2D eigenvalue weighted by molar-refractivity contribution is 0.311. The van der Waals surface area contributed by atoms with Gasteiger partial charge in [0.15, 0.2) is 5.82 Å². The molecule has 0 amide bonds. The van der Waals surface area contributed by atoms with Crippen LogP contribution in [0.1, 0.15) is 19.3 Å². The van der Waals surface area contributed by atoms with Crippen molar-refractivity contribution in [2.45, 2.75) is 19.3 Å². The SMILES string of the molecule is CN1CCN(c2nncc(Nc3ccc(N4CCCCC4)cc3)n2)CC1. The molecule has 138 valence electrons. The van der Waals surface area contributed by atoms with E-state index in [9.17, 15) is 0 Å². The summed E-state index contributed by atoms with van der Waals surface area (Å²) in [5.74, 6) is 1.44. The summed E-state index contributed by atoms with van der Waals surface area (Å²) in [6.07, 6.45) is 5.62. The maximum atomic E-state index is 4.64. The number of aromatic nitrogens is 3. The normalized spacial score (nSPS) is 18.8. The molecule has 2 aliphatic heterocycles. The van der Waals surface area contributed by atoms with Crippen LogP contribution in [-0.4, -0.2) is 66.4 Å². The van der Waals surface area contributed by atoms with Crippen LogP contribution in [0.5, 0.6) is 0 Å². The van der Waals surface area contributed by atoms with E-state index in [1.165, 1.54) is 24.9 Å². The zero-order valence-corrected chi connectivity index (χ0v) is 15.4. The minimum absolute atomic E-state index is 0.702. The van der Waals surface area contributed by atoms with Gasteiger partial charge in [0, 0.05) is 50.6 Å². The van der Waals surface area contributed by atoms with Gasteiger partial charge >= 0.3 is 0 Å². The molecule has 2 fully saturated rings. The summed E-state index contributed by atoms with van der Waals surface area (Å²) in [5.41, 5.74) is 2.32. The van der Waals surface area contributed by atoms with E-state index in [1.54, 1.807) is 6.20 Å². The Morgan fingerprint density at radius 1 is 0.846 bits per heavy atom. The quantitative estimate of drug-likeness (QED) is 0.905. The maximum absolute atomic E-state index is 4.64. The van der Waals surface area contributed by atoms with Gasteiger partial charge in [-0.05, 0) is 50.6 Å². The van der Waals surface area contributed by atoms with Gasteiger partial charge in [-0.1, -0.05) is 0 Å². The van der Waals surface area contributed by atoms with E-state index in [0.717, 1.165) is 50.8 Å². The van der Waals surface area contributed by atoms with E-state index >= 15 is 0 Å². The first-order chi connectivity index (χ1) is 12.8. The molecule has 1 N–H and O–H groups in total. The molecular weight excluding hydrogens is 326 g/mol. The second-order valence-corrected chi connectivity index (χ2v) is 7.15. The molecule has 0 aliphatic carbocycles.